The maximum atomic E-state index is 11.7. The highest BCUT2D eigenvalue weighted by molar-refractivity contribution is 5.89. The second kappa shape index (κ2) is 5.79. The van der Waals surface area contributed by atoms with Gasteiger partial charge in [0.25, 0.3) is 0 Å². The summed E-state index contributed by atoms with van der Waals surface area (Å²) in [7, 11) is 0. The van der Waals surface area contributed by atoms with Crippen molar-refractivity contribution in [2.45, 2.75) is 20.0 Å². The van der Waals surface area contributed by atoms with Crippen LogP contribution in [0.2, 0.25) is 0 Å². The second-order valence-corrected chi connectivity index (χ2v) is 4.94. The van der Waals surface area contributed by atoms with Crippen LogP contribution in [0.4, 0.5) is 0 Å². The van der Waals surface area contributed by atoms with Gasteiger partial charge in [-0.05, 0) is 13.3 Å². The molecule has 0 unspecified atom stereocenters. The van der Waals surface area contributed by atoms with E-state index in [0.29, 0.717) is 17.8 Å². The molecule has 1 aliphatic carbocycles. The number of esters is 1. The first-order valence-electron chi connectivity index (χ1n) is 6.78. The van der Waals surface area contributed by atoms with Gasteiger partial charge in [0.2, 0.25) is 0 Å². The molecular formula is C17H15NO3. The normalized spacial score (nSPS) is 13.3. The molecular weight excluding hydrogens is 266 g/mol. The SMILES string of the molecule is Cc1ccc(-c2cc(COC(=O)C3=CC=CC3)on2)cc1. The van der Waals surface area contributed by atoms with Crippen LogP contribution in [0.25, 0.3) is 11.3 Å². The third-order valence-electron chi connectivity index (χ3n) is 3.29. The van der Waals surface area contributed by atoms with Crippen molar-refractivity contribution in [3.05, 3.63) is 65.5 Å². The fraction of sp³-hybridized carbons (Fsp3) is 0.176. The Kier molecular flexibility index (Phi) is 3.69. The standard InChI is InChI=1S/C17H15NO3/c1-12-6-8-13(9-7-12)16-10-15(21-18-16)11-20-17(19)14-4-2-3-5-14/h2-4,6-10H,5,11H2,1H3. The van der Waals surface area contributed by atoms with Crippen LogP contribution in [0, 0.1) is 6.92 Å². The Labute approximate surface area is 122 Å². The van der Waals surface area contributed by atoms with E-state index in [2.05, 4.69) is 5.16 Å². The van der Waals surface area contributed by atoms with Crippen molar-refractivity contribution in [2.24, 2.45) is 0 Å². The molecule has 2 aromatic rings. The van der Waals surface area contributed by atoms with E-state index in [1.54, 1.807) is 12.1 Å². The Morgan fingerprint density at radius 3 is 2.86 bits per heavy atom. The molecule has 4 heteroatoms. The fourth-order valence-electron chi connectivity index (χ4n) is 2.07. The van der Waals surface area contributed by atoms with Crippen molar-refractivity contribution in [1.29, 1.82) is 0 Å². The van der Waals surface area contributed by atoms with E-state index in [9.17, 15) is 4.79 Å². The molecule has 1 aromatic carbocycles. The summed E-state index contributed by atoms with van der Waals surface area (Å²) in [6.07, 6.45) is 6.16. The number of hydrogen-bond acceptors (Lipinski definition) is 4. The Bertz CT molecular complexity index is 708. The van der Waals surface area contributed by atoms with Gasteiger partial charge in [-0.2, -0.15) is 0 Å². The lowest BCUT2D eigenvalue weighted by Gasteiger charge is -2.01. The van der Waals surface area contributed by atoms with E-state index >= 15 is 0 Å². The van der Waals surface area contributed by atoms with Gasteiger partial charge in [0.15, 0.2) is 12.4 Å². The Morgan fingerprint density at radius 2 is 2.14 bits per heavy atom. The van der Waals surface area contributed by atoms with Crippen molar-refractivity contribution >= 4 is 5.97 Å². The second-order valence-electron chi connectivity index (χ2n) is 4.94. The minimum absolute atomic E-state index is 0.0923. The summed E-state index contributed by atoms with van der Waals surface area (Å²) in [5.74, 6) is 0.221. The minimum Gasteiger partial charge on any atom is -0.454 e. The number of aryl methyl sites for hydroxylation is 1. The number of aromatic nitrogens is 1. The predicted molar refractivity (Wildman–Crippen MR) is 78.3 cm³/mol. The van der Waals surface area contributed by atoms with Gasteiger partial charge in [0.1, 0.15) is 5.69 Å². The van der Waals surface area contributed by atoms with Crippen LogP contribution in [0.3, 0.4) is 0 Å². The zero-order valence-corrected chi connectivity index (χ0v) is 11.7. The minimum atomic E-state index is -0.312. The number of carbonyl (C=O) groups is 1. The summed E-state index contributed by atoms with van der Waals surface area (Å²) in [5, 5.41) is 4.00. The van der Waals surface area contributed by atoms with E-state index in [0.717, 1.165) is 11.3 Å². The summed E-state index contributed by atoms with van der Waals surface area (Å²) in [6.45, 7) is 2.12. The number of carbonyl (C=O) groups excluding carboxylic acids is 1. The summed E-state index contributed by atoms with van der Waals surface area (Å²) in [5.41, 5.74) is 3.57. The quantitative estimate of drug-likeness (QED) is 0.804. The topological polar surface area (TPSA) is 52.3 Å². The van der Waals surface area contributed by atoms with Crippen molar-refractivity contribution in [3.8, 4) is 11.3 Å². The zero-order valence-electron chi connectivity index (χ0n) is 11.7. The van der Waals surface area contributed by atoms with Gasteiger partial charge < -0.3 is 9.26 Å². The molecule has 106 valence electrons. The number of hydrogen-bond donors (Lipinski definition) is 0. The number of benzene rings is 1. The van der Waals surface area contributed by atoms with E-state index in [1.165, 1.54) is 5.56 Å². The van der Waals surface area contributed by atoms with Crippen molar-refractivity contribution in [2.75, 3.05) is 0 Å². The molecule has 4 nitrogen and oxygen atoms in total. The van der Waals surface area contributed by atoms with Gasteiger partial charge in [0, 0.05) is 17.2 Å². The molecule has 0 saturated heterocycles. The highest BCUT2D eigenvalue weighted by Gasteiger charge is 2.13. The largest absolute Gasteiger partial charge is 0.454 e. The van der Waals surface area contributed by atoms with Crippen LogP contribution in [0.1, 0.15) is 17.7 Å². The molecule has 3 rings (SSSR count). The Balaban J connectivity index is 1.62. The van der Waals surface area contributed by atoms with Gasteiger partial charge in [-0.3, -0.25) is 0 Å². The highest BCUT2D eigenvalue weighted by atomic mass is 16.5. The van der Waals surface area contributed by atoms with Crippen LogP contribution in [-0.4, -0.2) is 11.1 Å². The number of rotatable bonds is 4. The summed E-state index contributed by atoms with van der Waals surface area (Å²) in [6, 6.07) is 9.79. The zero-order chi connectivity index (χ0) is 14.7. The average molecular weight is 281 g/mol. The highest BCUT2D eigenvalue weighted by Crippen LogP contribution is 2.20. The number of nitrogens with zero attached hydrogens (tertiary/aromatic N) is 1. The maximum absolute atomic E-state index is 11.7. The van der Waals surface area contributed by atoms with Gasteiger partial charge in [-0.25, -0.2) is 4.79 Å². The average Bonchev–Trinajstić information content (AvgIpc) is 3.17. The fourth-order valence-corrected chi connectivity index (χ4v) is 2.07. The number of ether oxygens (including phenoxy) is 1. The molecule has 0 atom stereocenters. The van der Waals surface area contributed by atoms with Gasteiger partial charge >= 0.3 is 5.97 Å². The summed E-state index contributed by atoms with van der Waals surface area (Å²) >= 11 is 0. The van der Waals surface area contributed by atoms with Crippen molar-refractivity contribution < 1.29 is 14.1 Å². The maximum Gasteiger partial charge on any atom is 0.334 e. The first-order chi connectivity index (χ1) is 10.2. The lowest BCUT2D eigenvalue weighted by atomic mass is 10.1. The molecule has 0 N–H and O–H groups in total. The van der Waals surface area contributed by atoms with Crippen LogP contribution in [0.5, 0.6) is 0 Å². The smallest absolute Gasteiger partial charge is 0.334 e. The predicted octanol–water partition coefficient (Wildman–Crippen LogP) is 3.58. The first-order valence-corrected chi connectivity index (χ1v) is 6.78. The molecule has 1 heterocycles. The first kappa shape index (κ1) is 13.4. The van der Waals surface area contributed by atoms with E-state index in [1.807, 2.05) is 43.3 Å². The van der Waals surface area contributed by atoms with Crippen LogP contribution < -0.4 is 0 Å². The third-order valence-corrected chi connectivity index (χ3v) is 3.29. The molecule has 0 saturated carbocycles. The molecule has 0 bridgehead atoms. The lowest BCUT2D eigenvalue weighted by molar-refractivity contribution is -0.140. The van der Waals surface area contributed by atoms with Crippen LogP contribution in [0.15, 0.2) is 58.7 Å². The van der Waals surface area contributed by atoms with Crippen molar-refractivity contribution in [3.63, 3.8) is 0 Å². The molecule has 1 aromatic heterocycles. The summed E-state index contributed by atoms with van der Waals surface area (Å²) in [4.78, 5) is 11.7. The summed E-state index contributed by atoms with van der Waals surface area (Å²) < 4.78 is 10.4. The monoisotopic (exact) mass is 281 g/mol. The van der Waals surface area contributed by atoms with Gasteiger partial charge in [-0.15, -0.1) is 0 Å². The van der Waals surface area contributed by atoms with E-state index in [4.69, 9.17) is 9.26 Å². The van der Waals surface area contributed by atoms with Gasteiger partial charge in [-0.1, -0.05) is 53.2 Å². The van der Waals surface area contributed by atoms with E-state index in [-0.39, 0.29) is 12.6 Å². The van der Waals surface area contributed by atoms with Crippen LogP contribution >= 0.6 is 0 Å². The molecule has 0 radical (unpaired) electrons. The molecule has 0 amide bonds. The van der Waals surface area contributed by atoms with Crippen LogP contribution in [-0.2, 0) is 16.1 Å². The molecule has 21 heavy (non-hydrogen) atoms. The Hall–Kier alpha value is -2.62. The Morgan fingerprint density at radius 1 is 1.33 bits per heavy atom. The molecule has 0 aliphatic heterocycles. The third kappa shape index (κ3) is 3.11. The van der Waals surface area contributed by atoms with Gasteiger partial charge in [0.05, 0.1) is 0 Å². The van der Waals surface area contributed by atoms with E-state index < -0.39 is 0 Å². The number of allylic oxidation sites excluding steroid dienone is 3. The molecule has 1 aliphatic rings. The molecule has 0 fully saturated rings. The lowest BCUT2D eigenvalue weighted by Crippen LogP contribution is -2.06. The molecule has 0 spiro atoms. The van der Waals surface area contributed by atoms with Crippen molar-refractivity contribution in [1.82, 2.24) is 5.16 Å².